The lowest BCUT2D eigenvalue weighted by Crippen LogP contribution is -2.42. The molecule has 32 heavy (non-hydrogen) atoms. The Kier molecular flexibility index (Phi) is 8.03. The van der Waals surface area contributed by atoms with Gasteiger partial charge in [-0.15, -0.1) is 0 Å². The number of nitrogens with zero attached hydrogens (tertiary/aromatic N) is 1. The van der Waals surface area contributed by atoms with Gasteiger partial charge < -0.3 is 10.1 Å². The van der Waals surface area contributed by atoms with E-state index in [-0.39, 0.29) is 29.9 Å². The van der Waals surface area contributed by atoms with Crippen molar-refractivity contribution in [2.24, 2.45) is 0 Å². The molecule has 0 radical (unpaired) electrons. The van der Waals surface area contributed by atoms with Gasteiger partial charge in [0.2, 0.25) is 15.9 Å². The van der Waals surface area contributed by atoms with Gasteiger partial charge in [0, 0.05) is 6.54 Å². The molecule has 168 valence electrons. The minimum Gasteiger partial charge on any atom is -0.497 e. The Morgan fingerprint density at radius 1 is 0.938 bits per heavy atom. The molecular weight excluding hydrogens is 424 g/mol. The largest absolute Gasteiger partial charge is 0.497 e. The fourth-order valence-corrected chi connectivity index (χ4v) is 4.77. The molecule has 0 bridgehead atoms. The van der Waals surface area contributed by atoms with Gasteiger partial charge in [-0.05, 0) is 48.7 Å². The number of nitrogens with one attached hydrogen (secondary N) is 1. The first-order valence-electron chi connectivity index (χ1n) is 10.4. The fourth-order valence-electron chi connectivity index (χ4n) is 3.35. The van der Waals surface area contributed by atoms with Crippen LogP contribution in [0.5, 0.6) is 5.75 Å². The van der Waals surface area contributed by atoms with Gasteiger partial charge in [-0.1, -0.05) is 60.7 Å². The number of methoxy groups -OCH3 is 1. The summed E-state index contributed by atoms with van der Waals surface area (Å²) in [5, 5.41) is 2.90. The molecule has 0 spiro atoms. The molecule has 0 heterocycles. The van der Waals surface area contributed by atoms with E-state index in [2.05, 4.69) is 5.32 Å². The molecular formula is C25H28N2O4S. The summed E-state index contributed by atoms with van der Waals surface area (Å²) < 4.78 is 32.9. The maximum Gasteiger partial charge on any atom is 0.243 e. The second-order valence-electron chi connectivity index (χ2n) is 7.45. The lowest BCUT2D eigenvalue weighted by molar-refractivity contribution is -0.121. The predicted octanol–water partition coefficient (Wildman–Crippen LogP) is 3.81. The van der Waals surface area contributed by atoms with Crippen LogP contribution in [0.3, 0.4) is 0 Å². The van der Waals surface area contributed by atoms with Crippen LogP contribution in [0.2, 0.25) is 0 Å². The molecule has 0 saturated heterocycles. The molecule has 1 atom stereocenters. The zero-order chi connectivity index (χ0) is 23.0. The number of hydrogen-bond donors (Lipinski definition) is 1. The summed E-state index contributed by atoms with van der Waals surface area (Å²) in [5.41, 5.74) is 1.91. The normalized spacial score (nSPS) is 12.3. The number of carbonyl (C=O) groups excluding carboxylic acids is 1. The Morgan fingerprint density at radius 2 is 1.53 bits per heavy atom. The van der Waals surface area contributed by atoms with E-state index in [9.17, 15) is 13.2 Å². The molecule has 0 unspecified atom stereocenters. The van der Waals surface area contributed by atoms with E-state index in [0.29, 0.717) is 6.42 Å². The van der Waals surface area contributed by atoms with Crippen molar-refractivity contribution in [2.75, 3.05) is 20.2 Å². The third-order valence-electron chi connectivity index (χ3n) is 5.19. The second-order valence-corrected chi connectivity index (χ2v) is 9.39. The molecule has 1 N–H and O–H groups in total. The van der Waals surface area contributed by atoms with E-state index >= 15 is 0 Å². The molecule has 6 nitrogen and oxygen atoms in total. The van der Waals surface area contributed by atoms with Gasteiger partial charge in [-0.25, -0.2) is 8.42 Å². The Hall–Kier alpha value is -3.16. The summed E-state index contributed by atoms with van der Waals surface area (Å²) in [6.45, 7) is 1.80. The third kappa shape index (κ3) is 6.18. The number of carbonyl (C=O) groups is 1. The van der Waals surface area contributed by atoms with Crippen molar-refractivity contribution in [1.29, 1.82) is 0 Å². The summed E-state index contributed by atoms with van der Waals surface area (Å²) in [6.07, 6.45) is 0.508. The molecule has 3 aromatic carbocycles. The molecule has 0 aliphatic carbocycles. The van der Waals surface area contributed by atoms with E-state index in [1.807, 2.05) is 61.5 Å². The zero-order valence-electron chi connectivity index (χ0n) is 18.3. The first kappa shape index (κ1) is 23.5. The van der Waals surface area contributed by atoms with Crippen LogP contribution in [-0.4, -0.2) is 38.8 Å². The van der Waals surface area contributed by atoms with Crippen LogP contribution < -0.4 is 10.1 Å². The van der Waals surface area contributed by atoms with Gasteiger partial charge in [-0.3, -0.25) is 4.79 Å². The minimum absolute atomic E-state index is 0.170. The predicted molar refractivity (Wildman–Crippen MR) is 125 cm³/mol. The van der Waals surface area contributed by atoms with Crippen molar-refractivity contribution >= 4 is 15.9 Å². The van der Waals surface area contributed by atoms with Crippen LogP contribution in [0.4, 0.5) is 0 Å². The van der Waals surface area contributed by atoms with Gasteiger partial charge in [0.15, 0.2) is 0 Å². The number of hydrogen-bond acceptors (Lipinski definition) is 4. The van der Waals surface area contributed by atoms with Gasteiger partial charge in [-0.2, -0.15) is 4.31 Å². The Labute approximate surface area is 189 Å². The van der Waals surface area contributed by atoms with E-state index in [0.717, 1.165) is 16.9 Å². The summed E-state index contributed by atoms with van der Waals surface area (Å²) in [4.78, 5) is 13.0. The number of benzene rings is 3. The van der Waals surface area contributed by atoms with Gasteiger partial charge in [0.1, 0.15) is 5.75 Å². The maximum absolute atomic E-state index is 13.2. The van der Waals surface area contributed by atoms with Crippen LogP contribution in [0.1, 0.15) is 24.1 Å². The standard InChI is InChI=1S/C25H28N2O4S/c1-20(22-13-15-23(31-2)16-14-22)26-25(28)19-27(18-17-21-9-5-3-6-10-21)32(29,30)24-11-7-4-8-12-24/h3-16,20H,17-19H2,1-2H3,(H,26,28)/t20-/m1/s1. The van der Waals surface area contributed by atoms with Gasteiger partial charge in [0.05, 0.1) is 24.6 Å². The molecule has 0 aliphatic heterocycles. The quantitative estimate of drug-likeness (QED) is 0.508. The second kappa shape index (κ2) is 10.9. The van der Waals surface area contributed by atoms with E-state index < -0.39 is 10.0 Å². The Balaban J connectivity index is 1.74. The van der Waals surface area contributed by atoms with Crippen molar-refractivity contribution in [2.45, 2.75) is 24.3 Å². The average molecular weight is 453 g/mol. The SMILES string of the molecule is COc1ccc([C@@H](C)NC(=O)CN(CCc2ccccc2)S(=O)(=O)c2ccccc2)cc1. The van der Waals surface area contributed by atoms with Gasteiger partial charge in [0.25, 0.3) is 0 Å². The van der Waals surface area contributed by atoms with Crippen LogP contribution >= 0.6 is 0 Å². The minimum atomic E-state index is -3.82. The zero-order valence-corrected chi connectivity index (χ0v) is 19.1. The van der Waals surface area contributed by atoms with Crippen LogP contribution in [0.25, 0.3) is 0 Å². The summed E-state index contributed by atoms with van der Waals surface area (Å²) >= 11 is 0. The van der Waals surface area contributed by atoms with E-state index in [1.165, 1.54) is 4.31 Å². The lowest BCUT2D eigenvalue weighted by Gasteiger charge is -2.23. The molecule has 1 amide bonds. The highest BCUT2D eigenvalue weighted by Crippen LogP contribution is 2.19. The molecule has 7 heteroatoms. The van der Waals surface area contributed by atoms with E-state index in [4.69, 9.17) is 4.74 Å². The lowest BCUT2D eigenvalue weighted by atomic mass is 10.1. The number of sulfonamides is 1. The number of ether oxygens (including phenoxy) is 1. The first-order valence-corrected chi connectivity index (χ1v) is 11.9. The van der Waals surface area contributed by atoms with E-state index in [1.54, 1.807) is 37.4 Å². The summed E-state index contributed by atoms with van der Waals surface area (Å²) in [5.74, 6) is 0.370. The number of rotatable bonds is 10. The molecule has 3 aromatic rings. The van der Waals surface area contributed by atoms with Crippen LogP contribution in [-0.2, 0) is 21.2 Å². The Morgan fingerprint density at radius 3 is 2.12 bits per heavy atom. The van der Waals surface area contributed by atoms with Gasteiger partial charge >= 0.3 is 0 Å². The molecule has 0 aliphatic rings. The topological polar surface area (TPSA) is 75.7 Å². The van der Waals surface area contributed by atoms with Crippen molar-refractivity contribution in [3.63, 3.8) is 0 Å². The molecule has 0 aromatic heterocycles. The fraction of sp³-hybridized carbons (Fsp3) is 0.240. The maximum atomic E-state index is 13.2. The highest BCUT2D eigenvalue weighted by molar-refractivity contribution is 7.89. The van der Waals surface area contributed by atoms with Crippen LogP contribution in [0, 0.1) is 0 Å². The van der Waals surface area contributed by atoms with Crippen molar-refractivity contribution < 1.29 is 17.9 Å². The van der Waals surface area contributed by atoms with Crippen molar-refractivity contribution in [3.8, 4) is 5.75 Å². The molecule has 0 fully saturated rings. The monoisotopic (exact) mass is 452 g/mol. The van der Waals surface area contributed by atoms with Crippen molar-refractivity contribution in [3.05, 3.63) is 96.1 Å². The number of amides is 1. The average Bonchev–Trinajstić information content (AvgIpc) is 2.82. The highest BCUT2D eigenvalue weighted by atomic mass is 32.2. The third-order valence-corrected chi connectivity index (χ3v) is 7.05. The molecule has 0 saturated carbocycles. The van der Waals surface area contributed by atoms with Crippen molar-refractivity contribution in [1.82, 2.24) is 9.62 Å². The Bertz CT molecular complexity index is 1100. The molecule has 3 rings (SSSR count). The first-order chi connectivity index (χ1) is 15.4. The smallest absolute Gasteiger partial charge is 0.243 e. The summed E-state index contributed by atoms with van der Waals surface area (Å²) in [6, 6.07) is 24.9. The van der Waals surface area contributed by atoms with Crippen LogP contribution in [0.15, 0.2) is 89.8 Å². The summed E-state index contributed by atoms with van der Waals surface area (Å²) in [7, 11) is -2.23. The highest BCUT2D eigenvalue weighted by Gasteiger charge is 2.26.